The van der Waals surface area contributed by atoms with Gasteiger partial charge in [0.15, 0.2) is 5.78 Å². The summed E-state index contributed by atoms with van der Waals surface area (Å²) in [6.45, 7) is 6.14. The molecule has 0 atom stereocenters. The number of carbonyl (C=O) groups is 1. The van der Waals surface area contributed by atoms with Crippen molar-refractivity contribution in [2.75, 3.05) is 5.75 Å². The van der Waals surface area contributed by atoms with E-state index < -0.39 is 0 Å². The largest absolute Gasteiger partial charge is 0.318 e. The molecule has 0 saturated carbocycles. The Morgan fingerprint density at radius 1 is 0.964 bits per heavy atom. The molecule has 140 valence electrons. The van der Waals surface area contributed by atoms with Crippen LogP contribution in [0.15, 0.2) is 71.8 Å². The van der Waals surface area contributed by atoms with E-state index in [0.717, 1.165) is 38.6 Å². The highest BCUT2D eigenvalue weighted by atomic mass is 32.2. The van der Waals surface area contributed by atoms with Gasteiger partial charge in [0.1, 0.15) is 0 Å². The second-order valence-electron chi connectivity index (χ2n) is 6.96. The molecule has 0 bridgehead atoms. The standard InChI is InChI=1S/C24H22N2OS/c1-16-13-24(25-22-12-8-7-11-20(16)22)28-15-23(27)21-14-17(2)26(18(21)3)19-9-5-4-6-10-19/h4-14H,15H2,1-3H3. The molecular formula is C24H22N2OS. The maximum absolute atomic E-state index is 12.9. The fourth-order valence-corrected chi connectivity index (χ4v) is 4.49. The van der Waals surface area contributed by atoms with E-state index in [1.807, 2.05) is 56.3 Å². The van der Waals surface area contributed by atoms with Gasteiger partial charge in [-0.25, -0.2) is 4.98 Å². The Bertz CT molecular complexity index is 1160. The van der Waals surface area contributed by atoms with Crippen LogP contribution in [0.5, 0.6) is 0 Å². The number of benzene rings is 2. The van der Waals surface area contributed by atoms with Crippen LogP contribution in [-0.2, 0) is 0 Å². The molecule has 0 aliphatic heterocycles. The molecule has 4 heteroatoms. The molecule has 2 aromatic carbocycles. The number of pyridine rings is 1. The van der Waals surface area contributed by atoms with Gasteiger partial charge < -0.3 is 4.57 Å². The van der Waals surface area contributed by atoms with Gasteiger partial charge in [-0.05, 0) is 56.7 Å². The van der Waals surface area contributed by atoms with Crippen molar-refractivity contribution >= 4 is 28.4 Å². The zero-order valence-electron chi connectivity index (χ0n) is 16.3. The van der Waals surface area contributed by atoms with Gasteiger partial charge in [-0.2, -0.15) is 0 Å². The molecule has 2 heterocycles. The summed E-state index contributed by atoms with van der Waals surface area (Å²) >= 11 is 1.50. The van der Waals surface area contributed by atoms with E-state index in [9.17, 15) is 4.79 Å². The van der Waals surface area contributed by atoms with Crippen molar-refractivity contribution in [1.29, 1.82) is 0 Å². The maximum Gasteiger partial charge on any atom is 0.174 e. The number of aryl methyl sites for hydroxylation is 2. The zero-order chi connectivity index (χ0) is 19.7. The average molecular weight is 387 g/mol. The SMILES string of the molecule is Cc1cc(SCC(=O)c2cc(C)n(-c3ccccc3)c2C)nc2ccccc12. The molecule has 0 spiro atoms. The highest BCUT2D eigenvalue weighted by molar-refractivity contribution is 7.99. The summed E-state index contributed by atoms with van der Waals surface area (Å²) in [5.41, 5.74) is 6.07. The molecule has 4 rings (SSSR count). The quantitative estimate of drug-likeness (QED) is 0.315. The third-order valence-electron chi connectivity index (χ3n) is 5.00. The molecule has 0 aliphatic rings. The number of ketones is 1. The number of fused-ring (bicyclic) bond motifs is 1. The predicted octanol–water partition coefficient (Wildman–Crippen LogP) is 5.93. The molecule has 3 nitrogen and oxygen atoms in total. The van der Waals surface area contributed by atoms with Crippen molar-refractivity contribution in [3.63, 3.8) is 0 Å². The molecule has 28 heavy (non-hydrogen) atoms. The number of hydrogen-bond acceptors (Lipinski definition) is 3. The van der Waals surface area contributed by atoms with Crippen LogP contribution in [-0.4, -0.2) is 21.1 Å². The smallest absolute Gasteiger partial charge is 0.174 e. The van der Waals surface area contributed by atoms with Gasteiger partial charge in [0.25, 0.3) is 0 Å². The molecular weight excluding hydrogens is 364 g/mol. The van der Waals surface area contributed by atoms with Crippen LogP contribution < -0.4 is 0 Å². The van der Waals surface area contributed by atoms with Gasteiger partial charge >= 0.3 is 0 Å². The molecule has 0 fully saturated rings. The number of nitrogens with zero attached hydrogens (tertiary/aromatic N) is 2. The lowest BCUT2D eigenvalue weighted by atomic mass is 10.1. The molecule has 0 amide bonds. The van der Waals surface area contributed by atoms with Crippen molar-refractivity contribution < 1.29 is 4.79 Å². The minimum atomic E-state index is 0.132. The molecule has 2 aromatic heterocycles. The van der Waals surface area contributed by atoms with E-state index in [-0.39, 0.29) is 5.78 Å². The number of para-hydroxylation sites is 2. The number of Topliss-reactive ketones (excluding diaryl/α,β-unsaturated/α-hetero) is 1. The minimum Gasteiger partial charge on any atom is -0.318 e. The Hall–Kier alpha value is -2.85. The molecule has 0 N–H and O–H groups in total. The summed E-state index contributed by atoms with van der Waals surface area (Å²) in [4.78, 5) is 17.6. The topological polar surface area (TPSA) is 34.9 Å². The van der Waals surface area contributed by atoms with Crippen LogP contribution in [0, 0.1) is 20.8 Å². The monoisotopic (exact) mass is 386 g/mol. The van der Waals surface area contributed by atoms with Gasteiger partial charge in [-0.1, -0.05) is 48.2 Å². The van der Waals surface area contributed by atoms with E-state index >= 15 is 0 Å². The summed E-state index contributed by atoms with van der Waals surface area (Å²) in [6, 6.07) is 22.3. The van der Waals surface area contributed by atoms with Crippen LogP contribution in [0.4, 0.5) is 0 Å². The number of rotatable bonds is 5. The first kappa shape index (κ1) is 18.5. The fraction of sp³-hybridized carbons (Fsp3) is 0.167. The van der Waals surface area contributed by atoms with Gasteiger partial charge in [-0.3, -0.25) is 4.79 Å². The lowest BCUT2D eigenvalue weighted by Crippen LogP contribution is -2.05. The van der Waals surface area contributed by atoms with Crippen LogP contribution >= 0.6 is 11.8 Å². The lowest BCUT2D eigenvalue weighted by Gasteiger charge is -2.09. The Kier molecular flexibility index (Phi) is 5.05. The first-order chi connectivity index (χ1) is 13.5. The van der Waals surface area contributed by atoms with Crippen molar-refractivity contribution in [2.45, 2.75) is 25.8 Å². The van der Waals surface area contributed by atoms with Crippen LogP contribution in [0.1, 0.15) is 27.3 Å². The minimum absolute atomic E-state index is 0.132. The van der Waals surface area contributed by atoms with Crippen molar-refractivity contribution in [1.82, 2.24) is 9.55 Å². The van der Waals surface area contributed by atoms with E-state index in [2.05, 4.69) is 35.8 Å². The first-order valence-corrected chi connectivity index (χ1v) is 10.3. The molecule has 0 saturated heterocycles. The normalized spacial score (nSPS) is 11.1. The van der Waals surface area contributed by atoms with E-state index in [1.54, 1.807) is 0 Å². The summed E-state index contributed by atoms with van der Waals surface area (Å²) < 4.78 is 2.14. The Labute approximate surface area is 169 Å². The third kappa shape index (κ3) is 3.48. The van der Waals surface area contributed by atoms with Gasteiger partial charge in [0.2, 0.25) is 0 Å². The predicted molar refractivity (Wildman–Crippen MR) is 117 cm³/mol. The number of thioether (sulfide) groups is 1. The second kappa shape index (κ2) is 7.64. The summed E-state index contributed by atoms with van der Waals surface area (Å²) in [5, 5.41) is 2.05. The first-order valence-electron chi connectivity index (χ1n) is 9.31. The van der Waals surface area contributed by atoms with Gasteiger partial charge in [0, 0.05) is 28.0 Å². The number of hydrogen-bond donors (Lipinski definition) is 0. The highest BCUT2D eigenvalue weighted by Crippen LogP contribution is 2.26. The van der Waals surface area contributed by atoms with Crippen LogP contribution in [0.3, 0.4) is 0 Å². The molecule has 0 aliphatic carbocycles. The summed E-state index contributed by atoms with van der Waals surface area (Å²) in [7, 11) is 0. The Morgan fingerprint density at radius 2 is 1.68 bits per heavy atom. The molecule has 0 radical (unpaired) electrons. The van der Waals surface area contributed by atoms with Crippen LogP contribution in [0.25, 0.3) is 16.6 Å². The Morgan fingerprint density at radius 3 is 2.46 bits per heavy atom. The van der Waals surface area contributed by atoms with E-state index in [1.165, 1.54) is 17.3 Å². The maximum atomic E-state index is 12.9. The van der Waals surface area contributed by atoms with E-state index in [4.69, 9.17) is 4.98 Å². The third-order valence-corrected chi connectivity index (χ3v) is 5.91. The molecule has 0 unspecified atom stereocenters. The van der Waals surface area contributed by atoms with Gasteiger partial charge in [-0.15, -0.1) is 0 Å². The fourth-order valence-electron chi connectivity index (χ4n) is 3.63. The second-order valence-corrected chi connectivity index (χ2v) is 7.96. The van der Waals surface area contributed by atoms with Crippen molar-refractivity contribution in [3.05, 3.63) is 89.2 Å². The number of carbonyl (C=O) groups excluding carboxylic acids is 1. The number of aromatic nitrogens is 2. The molecule has 4 aromatic rings. The Balaban J connectivity index is 1.57. The average Bonchev–Trinajstić information content (AvgIpc) is 3.01. The lowest BCUT2D eigenvalue weighted by molar-refractivity contribution is 0.102. The zero-order valence-corrected chi connectivity index (χ0v) is 17.1. The van der Waals surface area contributed by atoms with Gasteiger partial charge in [0.05, 0.1) is 16.3 Å². The highest BCUT2D eigenvalue weighted by Gasteiger charge is 2.17. The van der Waals surface area contributed by atoms with Crippen LogP contribution in [0.2, 0.25) is 0 Å². The van der Waals surface area contributed by atoms with Crippen molar-refractivity contribution in [2.24, 2.45) is 0 Å². The summed E-state index contributed by atoms with van der Waals surface area (Å²) in [5.74, 6) is 0.511. The van der Waals surface area contributed by atoms with Crippen molar-refractivity contribution in [3.8, 4) is 5.69 Å². The summed E-state index contributed by atoms with van der Waals surface area (Å²) in [6.07, 6.45) is 0. The van der Waals surface area contributed by atoms with E-state index in [0.29, 0.717) is 5.75 Å².